The fourth-order valence-corrected chi connectivity index (χ4v) is 1.81. The molecule has 1 saturated carbocycles. The number of carbonyl (C=O) groups is 1. The lowest BCUT2D eigenvalue weighted by molar-refractivity contribution is -0.136. The van der Waals surface area contributed by atoms with Crippen LogP contribution < -0.4 is 0 Å². The highest BCUT2D eigenvalue weighted by molar-refractivity contribution is 5.68. The van der Waals surface area contributed by atoms with Crippen LogP contribution in [-0.2, 0) is 11.2 Å². The van der Waals surface area contributed by atoms with Gasteiger partial charge in [-0.25, -0.2) is 0 Å². The molecule has 1 aromatic rings. The van der Waals surface area contributed by atoms with Crippen LogP contribution in [0, 0.1) is 0 Å². The molecule has 0 amide bonds. The van der Waals surface area contributed by atoms with Crippen molar-refractivity contribution in [2.75, 3.05) is 0 Å². The molecule has 1 aromatic heterocycles. The molecule has 5 heteroatoms. The summed E-state index contributed by atoms with van der Waals surface area (Å²) in [5.41, 5.74) is 0. The molecule has 0 atom stereocenters. The van der Waals surface area contributed by atoms with Crippen LogP contribution in [0.3, 0.4) is 0 Å². The molecule has 0 bridgehead atoms. The second-order valence-electron chi connectivity index (χ2n) is 3.59. The maximum absolute atomic E-state index is 10.4. The van der Waals surface area contributed by atoms with Gasteiger partial charge in [-0.05, 0) is 12.8 Å². The molecular formula is C9H12N2O3. The molecule has 14 heavy (non-hydrogen) atoms. The molecule has 5 nitrogen and oxygen atoms in total. The third kappa shape index (κ3) is 1.92. The van der Waals surface area contributed by atoms with Crippen molar-refractivity contribution in [1.82, 2.24) is 10.2 Å². The van der Waals surface area contributed by atoms with Gasteiger partial charge in [-0.2, -0.15) is 0 Å². The van der Waals surface area contributed by atoms with E-state index in [1.165, 1.54) is 12.8 Å². The summed E-state index contributed by atoms with van der Waals surface area (Å²) < 4.78 is 5.28. The van der Waals surface area contributed by atoms with Gasteiger partial charge >= 0.3 is 5.97 Å². The lowest BCUT2D eigenvalue weighted by atomic mass is 10.1. The van der Waals surface area contributed by atoms with Gasteiger partial charge in [-0.3, -0.25) is 4.79 Å². The van der Waals surface area contributed by atoms with Gasteiger partial charge in [0.1, 0.15) is 6.42 Å². The number of aliphatic carboxylic acids is 1. The zero-order valence-electron chi connectivity index (χ0n) is 7.77. The molecule has 0 spiro atoms. The van der Waals surface area contributed by atoms with Gasteiger partial charge in [0.2, 0.25) is 11.8 Å². The van der Waals surface area contributed by atoms with Gasteiger partial charge in [-0.1, -0.05) is 12.8 Å². The van der Waals surface area contributed by atoms with Gasteiger partial charge in [0.05, 0.1) is 0 Å². The monoisotopic (exact) mass is 196 g/mol. The predicted molar refractivity (Wildman–Crippen MR) is 46.8 cm³/mol. The van der Waals surface area contributed by atoms with E-state index in [9.17, 15) is 4.79 Å². The molecule has 0 radical (unpaired) electrons. The van der Waals surface area contributed by atoms with Crippen LogP contribution in [0.25, 0.3) is 0 Å². The number of aromatic nitrogens is 2. The number of carboxylic acids is 1. The van der Waals surface area contributed by atoms with Crippen molar-refractivity contribution in [3.63, 3.8) is 0 Å². The van der Waals surface area contributed by atoms with Gasteiger partial charge in [-0.15, -0.1) is 10.2 Å². The van der Waals surface area contributed by atoms with E-state index in [-0.39, 0.29) is 12.3 Å². The highest BCUT2D eigenvalue weighted by atomic mass is 16.4. The van der Waals surface area contributed by atoms with Crippen LogP contribution in [0.4, 0.5) is 0 Å². The van der Waals surface area contributed by atoms with Crippen LogP contribution in [0.2, 0.25) is 0 Å². The topological polar surface area (TPSA) is 76.2 Å². The third-order valence-corrected chi connectivity index (χ3v) is 2.49. The van der Waals surface area contributed by atoms with E-state index in [1.807, 2.05) is 0 Å². The quantitative estimate of drug-likeness (QED) is 0.789. The van der Waals surface area contributed by atoms with Gasteiger partial charge < -0.3 is 9.52 Å². The summed E-state index contributed by atoms with van der Waals surface area (Å²) in [6.07, 6.45) is 4.37. The van der Waals surface area contributed by atoms with E-state index in [2.05, 4.69) is 10.2 Å². The first-order valence-corrected chi connectivity index (χ1v) is 4.80. The maximum atomic E-state index is 10.4. The summed E-state index contributed by atoms with van der Waals surface area (Å²) in [6.45, 7) is 0. The minimum absolute atomic E-state index is 0.181. The molecule has 1 fully saturated rings. The lowest BCUT2D eigenvalue weighted by Gasteiger charge is -1.99. The molecule has 2 rings (SSSR count). The van der Waals surface area contributed by atoms with E-state index in [0.717, 1.165) is 12.8 Å². The van der Waals surface area contributed by atoms with Crippen molar-refractivity contribution < 1.29 is 14.3 Å². The van der Waals surface area contributed by atoms with Crippen molar-refractivity contribution in [3.05, 3.63) is 11.8 Å². The van der Waals surface area contributed by atoms with Crippen LogP contribution >= 0.6 is 0 Å². The van der Waals surface area contributed by atoms with E-state index >= 15 is 0 Å². The number of nitrogens with zero attached hydrogens (tertiary/aromatic N) is 2. The Morgan fingerprint density at radius 1 is 1.43 bits per heavy atom. The first kappa shape index (κ1) is 9.18. The first-order valence-electron chi connectivity index (χ1n) is 4.80. The van der Waals surface area contributed by atoms with Crippen LogP contribution in [0.5, 0.6) is 0 Å². The summed E-state index contributed by atoms with van der Waals surface area (Å²) in [4.78, 5) is 10.4. The zero-order valence-corrected chi connectivity index (χ0v) is 7.77. The van der Waals surface area contributed by atoms with E-state index in [4.69, 9.17) is 9.52 Å². The lowest BCUT2D eigenvalue weighted by Crippen LogP contribution is -1.99. The van der Waals surface area contributed by atoms with Crippen molar-refractivity contribution in [2.45, 2.75) is 38.0 Å². The summed E-state index contributed by atoms with van der Waals surface area (Å²) in [5.74, 6) is 0.231. The number of hydrogen-bond acceptors (Lipinski definition) is 4. The average molecular weight is 196 g/mol. The first-order chi connectivity index (χ1) is 6.75. The SMILES string of the molecule is O=C(O)Cc1nnc(C2CCCC2)o1. The Hall–Kier alpha value is -1.39. The van der Waals surface area contributed by atoms with E-state index < -0.39 is 5.97 Å². The number of hydrogen-bond donors (Lipinski definition) is 1. The predicted octanol–water partition coefficient (Wildman–Crippen LogP) is 1.35. The second kappa shape index (κ2) is 3.77. The minimum atomic E-state index is -0.938. The number of carboxylic acid groups (broad SMARTS) is 1. The van der Waals surface area contributed by atoms with Gasteiger partial charge in [0, 0.05) is 5.92 Å². The highest BCUT2D eigenvalue weighted by Crippen LogP contribution is 2.32. The van der Waals surface area contributed by atoms with E-state index in [0.29, 0.717) is 11.8 Å². The molecule has 0 aromatic carbocycles. The Bertz CT molecular complexity index is 329. The van der Waals surface area contributed by atoms with Crippen molar-refractivity contribution in [2.24, 2.45) is 0 Å². The summed E-state index contributed by atoms with van der Waals surface area (Å²) in [6, 6.07) is 0. The van der Waals surface area contributed by atoms with Crippen molar-refractivity contribution in [3.8, 4) is 0 Å². The minimum Gasteiger partial charge on any atom is -0.481 e. The average Bonchev–Trinajstić information content (AvgIpc) is 2.69. The molecule has 1 heterocycles. The standard InChI is InChI=1S/C9H12N2O3/c12-8(13)5-7-10-11-9(14-7)6-3-1-2-4-6/h6H,1-5H2,(H,12,13). The van der Waals surface area contributed by atoms with Gasteiger partial charge in [0.25, 0.3) is 0 Å². The maximum Gasteiger partial charge on any atom is 0.312 e. The highest BCUT2D eigenvalue weighted by Gasteiger charge is 2.22. The molecule has 76 valence electrons. The van der Waals surface area contributed by atoms with Crippen LogP contribution in [-0.4, -0.2) is 21.3 Å². The number of rotatable bonds is 3. The van der Waals surface area contributed by atoms with Crippen LogP contribution in [0.1, 0.15) is 43.4 Å². The zero-order chi connectivity index (χ0) is 9.97. The molecular weight excluding hydrogens is 184 g/mol. The molecule has 0 unspecified atom stereocenters. The van der Waals surface area contributed by atoms with Crippen molar-refractivity contribution >= 4 is 5.97 Å². The Balaban J connectivity index is 2.05. The third-order valence-electron chi connectivity index (χ3n) is 2.49. The Morgan fingerprint density at radius 2 is 2.14 bits per heavy atom. The van der Waals surface area contributed by atoms with Crippen molar-refractivity contribution in [1.29, 1.82) is 0 Å². The smallest absolute Gasteiger partial charge is 0.312 e. The summed E-state index contributed by atoms with van der Waals surface area (Å²) in [5, 5.41) is 16.1. The molecule has 0 aliphatic heterocycles. The molecule has 1 N–H and O–H groups in total. The van der Waals surface area contributed by atoms with E-state index in [1.54, 1.807) is 0 Å². The Kier molecular flexibility index (Phi) is 2.47. The fraction of sp³-hybridized carbons (Fsp3) is 0.667. The van der Waals surface area contributed by atoms with Gasteiger partial charge in [0.15, 0.2) is 0 Å². The second-order valence-corrected chi connectivity index (χ2v) is 3.59. The fourth-order valence-electron chi connectivity index (χ4n) is 1.81. The normalized spacial score (nSPS) is 17.4. The summed E-state index contributed by atoms with van der Waals surface area (Å²) in [7, 11) is 0. The Labute approximate surface area is 81.1 Å². The summed E-state index contributed by atoms with van der Waals surface area (Å²) >= 11 is 0. The molecule has 0 saturated heterocycles. The largest absolute Gasteiger partial charge is 0.481 e. The molecule has 1 aliphatic rings. The Morgan fingerprint density at radius 3 is 2.79 bits per heavy atom. The van der Waals surface area contributed by atoms with Crippen LogP contribution in [0.15, 0.2) is 4.42 Å². The molecule has 1 aliphatic carbocycles.